The molecule has 0 spiro atoms. The standard InChI is InChI=1S/C17H17F2N5O2/c18-17(19)26-13-5-3-12(4-6-13)14-11-15(23-22-14)16(25)20-7-1-9-24-10-2-8-21-24/h2-6,8,10-11,17H,1,7,9H2,(H,20,25)(H,22,23). The summed E-state index contributed by atoms with van der Waals surface area (Å²) in [6, 6.07) is 9.48. The lowest BCUT2D eigenvalue weighted by molar-refractivity contribution is -0.0498. The molecule has 0 unspecified atom stereocenters. The molecule has 2 aromatic heterocycles. The van der Waals surface area contributed by atoms with Gasteiger partial charge in [0.2, 0.25) is 0 Å². The van der Waals surface area contributed by atoms with Crippen LogP contribution in [0, 0.1) is 0 Å². The molecule has 3 aromatic rings. The molecule has 0 atom stereocenters. The molecule has 0 aliphatic rings. The van der Waals surface area contributed by atoms with Crippen LogP contribution >= 0.6 is 0 Å². The summed E-state index contributed by atoms with van der Waals surface area (Å²) in [5.74, 6) is -0.198. The molecule has 0 fully saturated rings. The number of benzene rings is 1. The maximum Gasteiger partial charge on any atom is 0.387 e. The van der Waals surface area contributed by atoms with E-state index in [4.69, 9.17) is 0 Å². The first kappa shape index (κ1) is 17.6. The fraction of sp³-hybridized carbons (Fsp3) is 0.235. The fourth-order valence-electron chi connectivity index (χ4n) is 2.36. The van der Waals surface area contributed by atoms with Crippen LogP contribution in [0.1, 0.15) is 16.9 Å². The van der Waals surface area contributed by atoms with Gasteiger partial charge in [-0.3, -0.25) is 14.6 Å². The van der Waals surface area contributed by atoms with Gasteiger partial charge in [-0.1, -0.05) is 0 Å². The first-order valence-electron chi connectivity index (χ1n) is 7.98. The van der Waals surface area contributed by atoms with Gasteiger partial charge in [-0.25, -0.2) is 0 Å². The molecular weight excluding hydrogens is 344 g/mol. The van der Waals surface area contributed by atoms with Gasteiger partial charge in [0.05, 0.1) is 5.69 Å². The largest absolute Gasteiger partial charge is 0.435 e. The van der Waals surface area contributed by atoms with E-state index in [1.54, 1.807) is 29.1 Å². The number of aryl methyl sites for hydroxylation is 1. The minimum Gasteiger partial charge on any atom is -0.435 e. The number of ether oxygens (including phenoxy) is 1. The van der Waals surface area contributed by atoms with Crippen molar-refractivity contribution in [1.82, 2.24) is 25.3 Å². The van der Waals surface area contributed by atoms with E-state index >= 15 is 0 Å². The lowest BCUT2D eigenvalue weighted by Crippen LogP contribution is -2.25. The summed E-state index contributed by atoms with van der Waals surface area (Å²) in [5, 5.41) is 13.6. The van der Waals surface area contributed by atoms with Crippen LogP contribution < -0.4 is 10.1 Å². The van der Waals surface area contributed by atoms with Crippen LogP contribution in [0.25, 0.3) is 11.3 Å². The van der Waals surface area contributed by atoms with Crippen LogP contribution in [-0.4, -0.2) is 39.0 Å². The van der Waals surface area contributed by atoms with Crippen LogP contribution in [0.2, 0.25) is 0 Å². The third kappa shape index (κ3) is 4.65. The topological polar surface area (TPSA) is 84.8 Å². The Morgan fingerprint density at radius 2 is 2.12 bits per heavy atom. The van der Waals surface area contributed by atoms with E-state index in [-0.39, 0.29) is 11.7 Å². The Hall–Kier alpha value is -3.23. The van der Waals surface area contributed by atoms with Gasteiger partial charge < -0.3 is 10.1 Å². The number of hydrogen-bond acceptors (Lipinski definition) is 4. The summed E-state index contributed by atoms with van der Waals surface area (Å²) < 4.78 is 30.4. The van der Waals surface area contributed by atoms with Gasteiger partial charge in [-0.05, 0) is 42.8 Å². The molecule has 26 heavy (non-hydrogen) atoms. The molecule has 0 saturated carbocycles. The zero-order valence-corrected chi connectivity index (χ0v) is 13.7. The van der Waals surface area contributed by atoms with Crippen LogP contribution in [-0.2, 0) is 6.54 Å². The van der Waals surface area contributed by atoms with Crippen molar-refractivity contribution in [1.29, 1.82) is 0 Å². The third-order valence-electron chi connectivity index (χ3n) is 3.61. The molecule has 2 N–H and O–H groups in total. The molecule has 136 valence electrons. The Morgan fingerprint density at radius 3 is 2.81 bits per heavy atom. The highest BCUT2D eigenvalue weighted by Gasteiger charge is 2.11. The van der Waals surface area contributed by atoms with Gasteiger partial charge >= 0.3 is 6.61 Å². The number of aromatic nitrogens is 4. The van der Waals surface area contributed by atoms with Crippen LogP contribution in [0.15, 0.2) is 48.8 Å². The summed E-state index contributed by atoms with van der Waals surface area (Å²) in [5.41, 5.74) is 1.54. The average molecular weight is 361 g/mol. The van der Waals surface area contributed by atoms with Crippen molar-refractivity contribution in [3.8, 4) is 17.0 Å². The first-order valence-corrected chi connectivity index (χ1v) is 7.98. The molecule has 9 heteroatoms. The number of amides is 1. The maximum atomic E-state index is 12.2. The quantitative estimate of drug-likeness (QED) is 0.604. The van der Waals surface area contributed by atoms with E-state index in [1.165, 1.54) is 12.1 Å². The number of carbonyl (C=O) groups is 1. The predicted octanol–water partition coefficient (Wildman–Crippen LogP) is 2.69. The van der Waals surface area contributed by atoms with Gasteiger partial charge in [-0.15, -0.1) is 0 Å². The smallest absolute Gasteiger partial charge is 0.387 e. The summed E-state index contributed by atoms with van der Waals surface area (Å²) in [4.78, 5) is 12.1. The number of carbonyl (C=O) groups excluding carboxylic acids is 1. The minimum absolute atomic E-state index is 0.0643. The van der Waals surface area contributed by atoms with Crippen molar-refractivity contribution in [2.75, 3.05) is 6.54 Å². The monoisotopic (exact) mass is 361 g/mol. The molecular formula is C17H17F2N5O2. The summed E-state index contributed by atoms with van der Waals surface area (Å²) >= 11 is 0. The predicted molar refractivity (Wildman–Crippen MR) is 89.8 cm³/mol. The number of nitrogens with zero attached hydrogens (tertiary/aromatic N) is 3. The van der Waals surface area contributed by atoms with E-state index in [1.807, 2.05) is 12.3 Å². The molecule has 0 saturated heterocycles. The summed E-state index contributed by atoms with van der Waals surface area (Å²) in [6.45, 7) is -1.64. The second-order valence-corrected chi connectivity index (χ2v) is 5.45. The Balaban J connectivity index is 1.52. The first-order chi connectivity index (χ1) is 12.6. The molecule has 0 aliphatic carbocycles. The molecule has 3 rings (SSSR count). The molecule has 1 aromatic carbocycles. The highest BCUT2D eigenvalue weighted by molar-refractivity contribution is 5.93. The average Bonchev–Trinajstić information content (AvgIpc) is 3.30. The molecule has 0 aliphatic heterocycles. The Labute approximate surface area is 148 Å². The SMILES string of the molecule is O=C(NCCCn1cccn1)c1cc(-c2ccc(OC(F)F)cc2)n[nH]1. The highest BCUT2D eigenvalue weighted by Crippen LogP contribution is 2.22. The number of halogens is 2. The number of H-pyrrole nitrogens is 1. The second kappa shape index (κ2) is 8.24. The minimum atomic E-state index is -2.87. The number of nitrogens with one attached hydrogen (secondary N) is 2. The summed E-state index contributed by atoms with van der Waals surface area (Å²) in [6.07, 6.45) is 4.32. The van der Waals surface area contributed by atoms with E-state index in [0.29, 0.717) is 30.0 Å². The van der Waals surface area contributed by atoms with Crippen molar-refractivity contribution < 1.29 is 18.3 Å². The van der Waals surface area contributed by atoms with Gasteiger partial charge in [0.1, 0.15) is 11.4 Å². The Kier molecular flexibility index (Phi) is 5.57. The van der Waals surface area contributed by atoms with E-state index < -0.39 is 6.61 Å². The maximum absolute atomic E-state index is 12.2. The molecule has 0 bridgehead atoms. The van der Waals surface area contributed by atoms with Crippen LogP contribution in [0.3, 0.4) is 0 Å². The number of rotatable bonds is 8. The van der Waals surface area contributed by atoms with E-state index in [2.05, 4.69) is 25.3 Å². The van der Waals surface area contributed by atoms with Gasteiger partial charge in [-0.2, -0.15) is 19.0 Å². The van der Waals surface area contributed by atoms with Crippen molar-refractivity contribution in [2.24, 2.45) is 0 Å². The van der Waals surface area contributed by atoms with Crippen molar-refractivity contribution in [3.63, 3.8) is 0 Å². The van der Waals surface area contributed by atoms with Crippen molar-refractivity contribution in [2.45, 2.75) is 19.6 Å². The summed E-state index contributed by atoms with van der Waals surface area (Å²) in [7, 11) is 0. The molecule has 7 nitrogen and oxygen atoms in total. The number of aromatic amines is 1. The normalized spacial score (nSPS) is 10.9. The zero-order chi connectivity index (χ0) is 18.4. The van der Waals surface area contributed by atoms with Gasteiger partial charge in [0, 0.05) is 31.0 Å². The van der Waals surface area contributed by atoms with Crippen molar-refractivity contribution >= 4 is 5.91 Å². The van der Waals surface area contributed by atoms with E-state index in [9.17, 15) is 13.6 Å². The fourth-order valence-corrected chi connectivity index (χ4v) is 2.36. The third-order valence-corrected chi connectivity index (χ3v) is 3.61. The number of hydrogen-bond donors (Lipinski definition) is 2. The molecule has 1 amide bonds. The van der Waals surface area contributed by atoms with Gasteiger partial charge in [0.25, 0.3) is 5.91 Å². The van der Waals surface area contributed by atoms with E-state index in [0.717, 1.165) is 6.42 Å². The van der Waals surface area contributed by atoms with Gasteiger partial charge in [0.15, 0.2) is 0 Å². The highest BCUT2D eigenvalue weighted by atomic mass is 19.3. The lowest BCUT2D eigenvalue weighted by atomic mass is 10.1. The van der Waals surface area contributed by atoms with Crippen molar-refractivity contribution in [3.05, 3.63) is 54.5 Å². The second-order valence-electron chi connectivity index (χ2n) is 5.45. The Morgan fingerprint density at radius 1 is 1.31 bits per heavy atom. The molecule has 2 heterocycles. The Bertz CT molecular complexity index is 831. The van der Waals surface area contributed by atoms with Crippen LogP contribution in [0.5, 0.6) is 5.75 Å². The zero-order valence-electron chi connectivity index (χ0n) is 13.7. The molecule has 0 radical (unpaired) electrons. The number of alkyl halides is 2. The van der Waals surface area contributed by atoms with Crippen LogP contribution in [0.4, 0.5) is 8.78 Å². The lowest BCUT2D eigenvalue weighted by Gasteiger charge is -2.04.